The van der Waals surface area contributed by atoms with Crippen LogP contribution in [-0.4, -0.2) is 20.7 Å². The Hall–Kier alpha value is -1.55. The van der Waals surface area contributed by atoms with Gasteiger partial charge in [-0.2, -0.15) is 5.10 Å². The molecule has 0 saturated carbocycles. The standard InChI is InChI=1S/C10H9ClN2O2/c1-2-7-9(10(14)15)8-5-6(11)3-4-13(8)12-7/h3-5H,2H2,1H3,(H,14,15). The Labute approximate surface area is 91.1 Å². The van der Waals surface area contributed by atoms with Crippen molar-refractivity contribution in [3.8, 4) is 0 Å². The van der Waals surface area contributed by atoms with E-state index in [4.69, 9.17) is 16.7 Å². The molecule has 0 unspecified atom stereocenters. The zero-order valence-electron chi connectivity index (χ0n) is 8.07. The maximum Gasteiger partial charge on any atom is 0.339 e. The number of nitrogens with zero attached hydrogens (tertiary/aromatic N) is 2. The van der Waals surface area contributed by atoms with E-state index in [1.165, 1.54) is 4.52 Å². The van der Waals surface area contributed by atoms with Crippen LogP contribution >= 0.6 is 11.6 Å². The molecule has 1 N–H and O–H groups in total. The summed E-state index contributed by atoms with van der Waals surface area (Å²) < 4.78 is 1.54. The molecule has 0 amide bonds. The molecule has 0 radical (unpaired) electrons. The van der Waals surface area contributed by atoms with Crippen molar-refractivity contribution in [1.82, 2.24) is 9.61 Å². The first kappa shape index (κ1) is 9.98. The molecule has 0 aliphatic heterocycles. The number of carboxylic acids is 1. The van der Waals surface area contributed by atoms with Crippen molar-refractivity contribution < 1.29 is 9.90 Å². The predicted octanol–water partition coefficient (Wildman–Crippen LogP) is 2.25. The molecular formula is C10H9ClN2O2. The van der Waals surface area contributed by atoms with E-state index in [-0.39, 0.29) is 5.56 Å². The second-order valence-electron chi connectivity index (χ2n) is 3.16. The molecule has 0 atom stereocenters. The van der Waals surface area contributed by atoms with Crippen LogP contribution in [0.1, 0.15) is 23.0 Å². The number of rotatable bonds is 2. The number of aromatic nitrogens is 2. The van der Waals surface area contributed by atoms with E-state index in [1.54, 1.807) is 18.3 Å². The fraction of sp³-hybridized carbons (Fsp3) is 0.200. The van der Waals surface area contributed by atoms with E-state index in [0.29, 0.717) is 22.7 Å². The number of aromatic carboxylic acids is 1. The maximum absolute atomic E-state index is 11.1. The summed E-state index contributed by atoms with van der Waals surface area (Å²) in [5.41, 5.74) is 1.34. The SMILES string of the molecule is CCc1nn2ccc(Cl)cc2c1C(=O)O. The van der Waals surface area contributed by atoms with E-state index >= 15 is 0 Å². The lowest BCUT2D eigenvalue weighted by Gasteiger charge is -1.95. The van der Waals surface area contributed by atoms with E-state index in [1.807, 2.05) is 6.92 Å². The lowest BCUT2D eigenvalue weighted by atomic mass is 10.1. The van der Waals surface area contributed by atoms with Crippen LogP contribution in [-0.2, 0) is 6.42 Å². The zero-order valence-corrected chi connectivity index (χ0v) is 8.82. The number of hydrogen-bond acceptors (Lipinski definition) is 2. The topological polar surface area (TPSA) is 54.6 Å². The van der Waals surface area contributed by atoms with Crippen molar-refractivity contribution in [3.05, 3.63) is 34.6 Å². The summed E-state index contributed by atoms with van der Waals surface area (Å²) in [5, 5.41) is 13.8. The smallest absolute Gasteiger partial charge is 0.339 e. The fourth-order valence-corrected chi connectivity index (χ4v) is 1.71. The highest BCUT2D eigenvalue weighted by atomic mass is 35.5. The van der Waals surface area contributed by atoms with Gasteiger partial charge >= 0.3 is 5.97 Å². The first-order valence-corrected chi connectivity index (χ1v) is 4.91. The molecule has 15 heavy (non-hydrogen) atoms. The number of pyridine rings is 1. The Kier molecular flexibility index (Phi) is 2.36. The monoisotopic (exact) mass is 224 g/mol. The van der Waals surface area contributed by atoms with Gasteiger partial charge in [-0.15, -0.1) is 0 Å². The minimum atomic E-state index is -0.968. The van der Waals surface area contributed by atoms with E-state index in [9.17, 15) is 4.79 Å². The van der Waals surface area contributed by atoms with Crippen LogP contribution in [0, 0.1) is 0 Å². The van der Waals surface area contributed by atoms with Crippen LogP contribution in [0.4, 0.5) is 0 Å². The molecule has 0 bridgehead atoms. The molecule has 0 spiro atoms. The van der Waals surface area contributed by atoms with Crippen LogP contribution in [0.15, 0.2) is 18.3 Å². The van der Waals surface area contributed by atoms with Crippen molar-refractivity contribution in [3.63, 3.8) is 0 Å². The molecular weight excluding hydrogens is 216 g/mol. The number of carbonyl (C=O) groups is 1. The minimum absolute atomic E-state index is 0.236. The molecule has 2 heterocycles. The van der Waals surface area contributed by atoms with E-state index in [0.717, 1.165) is 0 Å². The molecule has 2 aromatic heterocycles. The lowest BCUT2D eigenvalue weighted by Crippen LogP contribution is -1.99. The molecule has 78 valence electrons. The van der Waals surface area contributed by atoms with Crippen LogP contribution in [0.25, 0.3) is 5.52 Å². The van der Waals surface area contributed by atoms with Gasteiger partial charge in [0.15, 0.2) is 0 Å². The normalized spacial score (nSPS) is 10.8. The quantitative estimate of drug-likeness (QED) is 0.851. The van der Waals surface area contributed by atoms with E-state index < -0.39 is 5.97 Å². The molecule has 0 aliphatic rings. The first-order chi connectivity index (χ1) is 7.13. The molecule has 0 aliphatic carbocycles. The summed E-state index contributed by atoms with van der Waals surface area (Å²) in [5.74, 6) is -0.968. The molecule has 0 fully saturated rings. The van der Waals surface area contributed by atoms with Gasteiger partial charge in [-0.1, -0.05) is 18.5 Å². The molecule has 2 rings (SSSR count). The summed E-state index contributed by atoms with van der Waals surface area (Å²) in [6, 6.07) is 3.28. The van der Waals surface area contributed by atoms with Crippen LogP contribution in [0.3, 0.4) is 0 Å². The van der Waals surface area contributed by atoms with Crippen molar-refractivity contribution in [2.24, 2.45) is 0 Å². The van der Waals surface area contributed by atoms with Gasteiger partial charge in [0.05, 0.1) is 11.2 Å². The van der Waals surface area contributed by atoms with Gasteiger partial charge in [-0.3, -0.25) is 0 Å². The predicted molar refractivity (Wildman–Crippen MR) is 56.5 cm³/mol. The third-order valence-electron chi connectivity index (χ3n) is 2.22. The van der Waals surface area contributed by atoms with Crippen molar-refractivity contribution in [2.45, 2.75) is 13.3 Å². The Bertz CT molecular complexity index is 533. The fourth-order valence-electron chi connectivity index (χ4n) is 1.55. The highest BCUT2D eigenvalue weighted by Gasteiger charge is 2.17. The molecule has 0 aromatic carbocycles. The second-order valence-corrected chi connectivity index (χ2v) is 3.59. The van der Waals surface area contributed by atoms with Gasteiger partial charge in [-0.25, -0.2) is 9.31 Å². The summed E-state index contributed by atoms with van der Waals surface area (Å²) in [4.78, 5) is 11.1. The minimum Gasteiger partial charge on any atom is -0.478 e. The molecule has 0 saturated heterocycles. The Balaban J connectivity index is 2.82. The van der Waals surface area contributed by atoms with Crippen molar-refractivity contribution >= 4 is 23.1 Å². The van der Waals surface area contributed by atoms with Gasteiger partial charge < -0.3 is 5.11 Å². The Morgan fingerprint density at radius 1 is 1.67 bits per heavy atom. The van der Waals surface area contributed by atoms with Gasteiger partial charge in [-0.05, 0) is 18.6 Å². The summed E-state index contributed by atoms with van der Waals surface area (Å²) >= 11 is 5.81. The highest BCUT2D eigenvalue weighted by Crippen LogP contribution is 2.19. The lowest BCUT2D eigenvalue weighted by molar-refractivity contribution is 0.0698. The third kappa shape index (κ3) is 1.57. The summed E-state index contributed by atoms with van der Waals surface area (Å²) in [7, 11) is 0. The van der Waals surface area contributed by atoms with Crippen LogP contribution in [0.5, 0.6) is 0 Å². The third-order valence-corrected chi connectivity index (χ3v) is 2.45. The number of fused-ring (bicyclic) bond motifs is 1. The first-order valence-electron chi connectivity index (χ1n) is 4.53. The summed E-state index contributed by atoms with van der Waals surface area (Å²) in [6.07, 6.45) is 2.24. The average molecular weight is 225 g/mol. The summed E-state index contributed by atoms with van der Waals surface area (Å²) in [6.45, 7) is 1.87. The Morgan fingerprint density at radius 2 is 2.40 bits per heavy atom. The van der Waals surface area contributed by atoms with Crippen molar-refractivity contribution in [2.75, 3.05) is 0 Å². The largest absolute Gasteiger partial charge is 0.478 e. The number of aryl methyl sites for hydroxylation is 1. The average Bonchev–Trinajstić information content (AvgIpc) is 2.55. The highest BCUT2D eigenvalue weighted by molar-refractivity contribution is 6.31. The van der Waals surface area contributed by atoms with Crippen LogP contribution < -0.4 is 0 Å². The number of halogens is 1. The van der Waals surface area contributed by atoms with Gasteiger partial charge in [0.25, 0.3) is 0 Å². The van der Waals surface area contributed by atoms with Gasteiger partial charge in [0.2, 0.25) is 0 Å². The van der Waals surface area contributed by atoms with Crippen molar-refractivity contribution in [1.29, 1.82) is 0 Å². The molecule has 2 aromatic rings. The Morgan fingerprint density at radius 3 is 3.00 bits per heavy atom. The zero-order chi connectivity index (χ0) is 11.0. The van der Waals surface area contributed by atoms with Gasteiger partial charge in [0.1, 0.15) is 5.56 Å². The van der Waals surface area contributed by atoms with E-state index in [2.05, 4.69) is 5.10 Å². The van der Waals surface area contributed by atoms with Gasteiger partial charge in [0, 0.05) is 11.2 Å². The number of hydrogen-bond donors (Lipinski definition) is 1. The number of carboxylic acid groups (broad SMARTS) is 1. The molecule has 4 nitrogen and oxygen atoms in total. The maximum atomic E-state index is 11.1. The second kappa shape index (κ2) is 3.55. The van der Waals surface area contributed by atoms with Crippen LogP contribution in [0.2, 0.25) is 5.02 Å². The molecule has 5 heteroatoms.